The highest BCUT2D eigenvalue weighted by atomic mass is 15.2. The summed E-state index contributed by atoms with van der Waals surface area (Å²) in [7, 11) is 7.95. The summed E-state index contributed by atoms with van der Waals surface area (Å²) in [6.07, 6.45) is 1.11. The lowest BCUT2D eigenvalue weighted by Gasteiger charge is -2.46. The molecule has 0 spiro atoms. The van der Waals surface area contributed by atoms with E-state index in [4.69, 9.17) is 7.85 Å². The highest BCUT2D eigenvalue weighted by Gasteiger charge is 2.33. The average molecular weight is 109 g/mol. The van der Waals surface area contributed by atoms with Crippen LogP contribution in [-0.2, 0) is 0 Å². The third kappa shape index (κ3) is 0.897. The smallest absolute Gasteiger partial charge is 0.0781 e. The van der Waals surface area contributed by atoms with Crippen molar-refractivity contribution in [3.63, 3.8) is 0 Å². The maximum absolute atomic E-state index is 5.85. The van der Waals surface area contributed by atoms with Gasteiger partial charge in [-0.2, -0.15) is 0 Å². The molecule has 1 saturated heterocycles. The Bertz CT molecular complexity index is 86.5. The summed E-state index contributed by atoms with van der Waals surface area (Å²) in [6, 6.07) is 0. The largest absolute Gasteiger partial charge is 0.307 e. The molecule has 0 aliphatic carbocycles. The van der Waals surface area contributed by atoms with Crippen LogP contribution in [0.2, 0.25) is 5.31 Å². The highest BCUT2D eigenvalue weighted by molar-refractivity contribution is 6.16. The minimum Gasteiger partial charge on any atom is -0.307 e. The molecule has 1 heterocycles. The SMILES string of the molecule is [B]C1(CC)CN(C)C1. The fourth-order valence-electron chi connectivity index (χ4n) is 1.25. The Kier molecular flexibility index (Phi) is 1.36. The van der Waals surface area contributed by atoms with Crippen molar-refractivity contribution in [1.82, 2.24) is 4.90 Å². The molecule has 0 saturated carbocycles. The van der Waals surface area contributed by atoms with Gasteiger partial charge in [0.25, 0.3) is 0 Å². The molecule has 0 atom stereocenters. The Morgan fingerprint density at radius 3 is 2.25 bits per heavy atom. The maximum Gasteiger partial charge on any atom is 0.0781 e. The van der Waals surface area contributed by atoms with E-state index in [2.05, 4.69) is 18.9 Å². The zero-order valence-electron chi connectivity index (χ0n) is 5.65. The van der Waals surface area contributed by atoms with Gasteiger partial charge in [-0.1, -0.05) is 13.3 Å². The standard InChI is InChI=1S/C6H12BN/c1-3-6(7)4-8(2)5-6/h3-5H2,1-2H3. The monoisotopic (exact) mass is 109 g/mol. The Balaban J connectivity index is 2.30. The van der Waals surface area contributed by atoms with Crippen LogP contribution < -0.4 is 0 Å². The molecule has 2 radical (unpaired) electrons. The fourth-order valence-corrected chi connectivity index (χ4v) is 1.25. The molecule has 8 heavy (non-hydrogen) atoms. The first-order valence-electron chi connectivity index (χ1n) is 3.14. The molecule has 2 heteroatoms. The first-order chi connectivity index (χ1) is 3.66. The van der Waals surface area contributed by atoms with Gasteiger partial charge in [0.2, 0.25) is 0 Å². The van der Waals surface area contributed by atoms with Crippen molar-refractivity contribution in [3.8, 4) is 0 Å². The van der Waals surface area contributed by atoms with Crippen LogP contribution in [-0.4, -0.2) is 32.9 Å². The second kappa shape index (κ2) is 1.76. The summed E-state index contributed by atoms with van der Waals surface area (Å²) in [4.78, 5) is 2.24. The van der Waals surface area contributed by atoms with Crippen molar-refractivity contribution in [2.24, 2.45) is 0 Å². The maximum atomic E-state index is 5.85. The molecule has 1 aliphatic rings. The van der Waals surface area contributed by atoms with E-state index in [1.54, 1.807) is 0 Å². The van der Waals surface area contributed by atoms with E-state index in [1.807, 2.05) is 0 Å². The van der Waals surface area contributed by atoms with Crippen LogP contribution in [0.1, 0.15) is 13.3 Å². The molecule has 1 rings (SSSR count). The van der Waals surface area contributed by atoms with Gasteiger partial charge >= 0.3 is 0 Å². The summed E-state index contributed by atoms with van der Waals surface area (Å²) >= 11 is 0. The molecule has 0 amide bonds. The quantitative estimate of drug-likeness (QED) is 0.447. The molecular weight excluding hydrogens is 96.9 g/mol. The van der Waals surface area contributed by atoms with Crippen molar-refractivity contribution in [2.45, 2.75) is 18.7 Å². The van der Waals surface area contributed by atoms with Crippen molar-refractivity contribution < 1.29 is 0 Å². The molecule has 0 unspecified atom stereocenters. The van der Waals surface area contributed by atoms with Crippen LogP contribution in [0.3, 0.4) is 0 Å². The van der Waals surface area contributed by atoms with E-state index in [9.17, 15) is 0 Å². The zero-order chi connectivity index (χ0) is 6.20. The zero-order valence-corrected chi connectivity index (χ0v) is 5.65. The van der Waals surface area contributed by atoms with Crippen LogP contribution >= 0.6 is 0 Å². The molecule has 0 bridgehead atoms. The lowest BCUT2D eigenvalue weighted by atomic mass is 9.62. The molecular formula is C6H12BN. The Hall–Kier alpha value is 0.0249. The summed E-state index contributed by atoms with van der Waals surface area (Å²) in [5.74, 6) is 0. The average Bonchev–Trinajstić information content (AvgIpc) is 1.63. The van der Waals surface area contributed by atoms with E-state index in [0.29, 0.717) is 0 Å². The van der Waals surface area contributed by atoms with Crippen molar-refractivity contribution in [1.29, 1.82) is 0 Å². The second-order valence-electron chi connectivity index (χ2n) is 2.89. The Labute approximate surface area is 52.5 Å². The first-order valence-corrected chi connectivity index (χ1v) is 3.14. The Morgan fingerprint density at radius 1 is 1.62 bits per heavy atom. The summed E-state index contributed by atoms with van der Waals surface area (Å²) in [5.41, 5.74) is 0. The third-order valence-electron chi connectivity index (χ3n) is 1.87. The van der Waals surface area contributed by atoms with Gasteiger partial charge in [-0.3, -0.25) is 0 Å². The van der Waals surface area contributed by atoms with Gasteiger partial charge < -0.3 is 4.90 Å². The number of rotatable bonds is 1. The lowest BCUT2D eigenvalue weighted by molar-refractivity contribution is 0.147. The Morgan fingerprint density at radius 2 is 2.12 bits per heavy atom. The predicted octanol–water partition coefficient (Wildman–Crippen LogP) is 0.669. The minimum absolute atomic E-state index is 0.161. The molecule has 0 aromatic heterocycles. The van der Waals surface area contributed by atoms with Crippen LogP contribution in [0.25, 0.3) is 0 Å². The van der Waals surface area contributed by atoms with Gasteiger partial charge in [-0.25, -0.2) is 0 Å². The van der Waals surface area contributed by atoms with E-state index in [0.717, 1.165) is 19.5 Å². The molecule has 0 N–H and O–H groups in total. The second-order valence-corrected chi connectivity index (χ2v) is 2.89. The van der Waals surface area contributed by atoms with E-state index < -0.39 is 0 Å². The van der Waals surface area contributed by atoms with Gasteiger partial charge in [0.05, 0.1) is 7.85 Å². The van der Waals surface area contributed by atoms with Gasteiger partial charge in [0.15, 0.2) is 0 Å². The van der Waals surface area contributed by atoms with Crippen LogP contribution in [0, 0.1) is 0 Å². The molecule has 1 fully saturated rings. The fraction of sp³-hybridized carbons (Fsp3) is 1.00. The third-order valence-corrected chi connectivity index (χ3v) is 1.87. The minimum atomic E-state index is 0.161. The van der Waals surface area contributed by atoms with Gasteiger partial charge in [-0.05, 0) is 25.5 Å². The molecule has 0 aromatic carbocycles. The van der Waals surface area contributed by atoms with Gasteiger partial charge in [0, 0.05) is 0 Å². The first kappa shape index (κ1) is 6.15. The normalized spacial score (nSPS) is 27.2. The number of hydrogen-bond acceptors (Lipinski definition) is 1. The van der Waals surface area contributed by atoms with Gasteiger partial charge in [0.1, 0.15) is 0 Å². The predicted molar refractivity (Wildman–Crippen MR) is 36.2 cm³/mol. The van der Waals surface area contributed by atoms with E-state index in [1.165, 1.54) is 0 Å². The van der Waals surface area contributed by atoms with Crippen LogP contribution in [0.4, 0.5) is 0 Å². The van der Waals surface area contributed by atoms with Crippen molar-refractivity contribution >= 4 is 7.85 Å². The molecule has 1 nitrogen and oxygen atoms in total. The number of hydrogen-bond donors (Lipinski definition) is 0. The van der Waals surface area contributed by atoms with Crippen molar-refractivity contribution in [2.75, 3.05) is 20.1 Å². The van der Waals surface area contributed by atoms with E-state index in [-0.39, 0.29) is 5.31 Å². The molecule has 1 aliphatic heterocycles. The van der Waals surface area contributed by atoms with Crippen molar-refractivity contribution in [3.05, 3.63) is 0 Å². The van der Waals surface area contributed by atoms with Gasteiger partial charge in [-0.15, -0.1) is 0 Å². The highest BCUT2D eigenvalue weighted by Crippen LogP contribution is 2.35. The lowest BCUT2D eigenvalue weighted by Crippen LogP contribution is -2.48. The number of nitrogens with zero attached hydrogens (tertiary/aromatic N) is 1. The molecule has 0 aromatic rings. The van der Waals surface area contributed by atoms with Crippen LogP contribution in [0.15, 0.2) is 0 Å². The van der Waals surface area contributed by atoms with E-state index >= 15 is 0 Å². The topological polar surface area (TPSA) is 3.24 Å². The molecule has 44 valence electrons. The number of likely N-dealkylation sites (tertiary alicyclic amines) is 1. The summed E-state index contributed by atoms with van der Waals surface area (Å²) < 4.78 is 0. The van der Waals surface area contributed by atoms with Crippen LogP contribution in [0.5, 0.6) is 0 Å². The summed E-state index contributed by atoms with van der Waals surface area (Å²) in [6.45, 7) is 4.29. The summed E-state index contributed by atoms with van der Waals surface area (Å²) in [5, 5.41) is 0.161.